The van der Waals surface area contributed by atoms with Crippen LogP contribution in [0.4, 0.5) is 0 Å². The largest absolute Gasteiger partial charge is 0.432 e. The first-order chi connectivity index (χ1) is 8.11. The number of ether oxygens (including phenoxy) is 3. The van der Waals surface area contributed by atoms with E-state index in [1.807, 2.05) is 0 Å². The van der Waals surface area contributed by atoms with Crippen molar-refractivity contribution in [3.05, 3.63) is 12.2 Å². The quantitative estimate of drug-likeness (QED) is 0.202. The summed E-state index contributed by atoms with van der Waals surface area (Å²) in [5.74, 6) is -0.757. The summed E-state index contributed by atoms with van der Waals surface area (Å²) in [5, 5.41) is 8.40. The maximum atomic E-state index is 11.1. The highest BCUT2D eigenvalue weighted by molar-refractivity contribution is 5.91. The van der Waals surface area contributed by atoms with Crippen molar-refractivity contribution in [1.29, 1.82) is 5.26 Å². The Morgan fingerprint density at radius 1 is 1.41 bits per heavy atom. The van der Waals surface area contributed by atoms with Gasteiger partial charge in [0.15, 0.2) is 0 Å². The zero-order valence-corrected chi connectivity index (χ0v) is 10.4. The van der Waals surface area contributed by atoms with Crippen molar-refractivity contribution in [1.82, 2.24) is 0 Å². The van der Waals surface area contributed by atoms with E-state index in [-0.39, 0.29) is 5.57 Å². The summed E-state index contributed by atoms with van der Waals surface area (Å²) >= 11 is 0. The molecule has 0 N–H and O–H groups in total. The van der Waals surface area contributed by atoms with Crippen LogP contribution in [0.3, 0.4) is 0 Å². The number of unbranched alkanes of at least 4 members (excludes halogenated alkanes) is 1. The summed E-state index contributed by atoms with van der Waals surface area (Å²) in [7, 11) is 0. The van der Waals surface area contributed by atoms with Gasteiger partial charge in [0.1, 0.15) is 11.6 Å². The van der Waals surface area contributed by atoms with E-state index in [9.17, 15) is 4.79 Å². The van der Waals surface area contributed by atoms with Gasteiger partial charge in [-0.05, 0) is 13.3 Å². The smallest absolute Gasteiger partial charge is 0.350 e. The molecular weight excluding hydrogens is 222 g/mol. The van der Waals surface area contributed by atoms with E-state index < -0.39 is 12.3 Å². The molecule has 0 aliphatic heterocycles. The van der Waals surface area contributed by atoms with Crippen molar-refractivity contribution in [3.8, 4) is 6.07 Å². The molecule has 0 rings (SSSR count). The summed E-state index contributed by atoms with van der Waals surface area (Å²) < 4.78 is 15.2. The van der Waals surface area contributed by atoms with Gasteiger partial charge in [-0.15, -0.1) is 0 Å². The van der Waals surface area contributed by atoms with Crippen molar-refractivity contribution in [2.24, 2.45) is 0 Å². The lowest BCUT2D eigenvalue weighted by Gasteiger charge is -2.13. The Balaban J connectivity index is 3.53. The highest BCUT2D eigenvalue weighted by atomic mass is 16.7. The van der Waals surface area contributed by atoms with Gasteiger partial charge in [-0.25, -0.2) is 4.79 Å². The molecule has 0 aliphatic rings. The number of hydrogen-bond donors (Lipinski definition) is 0. The average Bonchev–Trinajstić information content (AvgIpc) is 2.32. The van der Waals surface area contributed by atoms with Gasteiger partial charge in [-0.3, -0.25) is 0 Å². The lowest BCUT2D eigenvalue weighted by Crippen LogP contribution is -2.20. The van der Waals surface area contributed by atoms with Crippen LogP contribution in [0.1, 0.15) is 26.7 Å². The molecule has 0 bridgehead atoms. The van der Waals surface area contributed by atoms with E-state index in [1.165, 1.54) is 0 Å². The molecule has 0 aromatic carbocycles. The van der Waals surface area contributed by atoms with Gasteiger partial charge in [-0.1, -0.05) is 19.9 Å². The molecular formula is C12H19NO4. The summed E-state index contributed by atoms with van der Waals surface area (Å²) in [6, 6.07) is 1.61. The van der Waals surface area contributed by atoms with Crippen LogP contribution < -0.4 is 0 Å². The Labute approximate surface area is 102 Å². The van der Waals surface area contributed by atoms with Gasteiger partial charge in [-0.2, -0.15) is 5.26 Å². The second-order valence-corrected chi connectivity index (χ2v) is 3.40. The van der Waals surface area contributed by atoms with E-state index >= 15 is 0 Å². The Bertz CT molecular complexity index is 283. The maximum Gasteiger partial charge on any atom is 0.350 e. The van der Waals surface area contributed by atoms with E-state index in [0.29, 0.717) is 19.8 Å². The first kappa shape index (κ1) is 15.6. The molecule has 0 saturated carbocycles. The summed E-state index contributed by atoms with van der Waals surface area (Å²) in [6.07, 6.45) is 1.40. The molecule has 1 atom stereocenters. The SMILES string of the molecule is C=C(C#N)C(=O)OC(C)OCCOCCCC. The van der Waals surface area contributed by atoms with E-state index in [1.54, 1.807) is 13.0 Å². The average molecular weight is 241 g/mol. The van der Waals surface area contributed by atoms with Gasteiger partial charge in [0.25, 0.3) is 0 Å². The molecule has 96 valence electrons. The second kappa shape index (κ2) is 9.82. The van der Waals surface area contributed by atoms with Crippen molar-refractivity contribution in [3.63, 3.8) is 0 Å². The third-order valence-corrected chi connectivity index (χ3v) is 1.88. The summed E-state index contributed by atoms with van der Waals surface area (Å²) in [6.45, 7) is 8.42. The molecule has 5 nitrogen and oxygen atoms in total. The molecule has 1 unspecified atom stereocenters. The molecule has 0 aromatic heterocycles. The maximum absolute atomic E-state index is 11.1. The van der Waals surface area contributed by atoms with E-state index in [2.05, 4.69) is 13.5 Å². The van der Waals surface area contributed by atoms with Crippen molar-refractivity contribution in [2.75, 3.05) is 19.8 Å². The molecule has 5 heteroatoms. The Kier molecular flexibility index (Phi) is 9.02. The third kappa shape index (κ3) is 8.43. The van der Waals surface area contributed by atoms with Crippen molar-refractivity contribution >= 4 is 5.97 Å². The summed E-state index contributed by atoms with van der Waals surface area (Å²) in [4.78, 5) is 11.1. The highest BCUT2D eigenvalue weighted by Gasteiger charge is 2.12. The van der Waals surface area contributed by atoms with Crippen LogP contribution in [0.5, 0.6) is 0 Å². The highest BCUT2D eigenvalue weighted by Crippen LogP contribution is 1.99. The van der Waals surface area contributed by atoms with Gasteiger partial charge >= 0.3 is 5.97 Å². The third-order valence-electron chi connectivity index (χ3n) is 1.88. The molecule has 0 amide bonds. The second-order valence-electron chi connectivity index (χ2n) is 3.40. The topological polar surface area (TPSA) is 68.6 Å². The number of carbonyl (C=O) groups excluding carboxylic acids is 1. The van der Waals surface area contributed by atoms with E-state index in [4.69, 9.17) is 19.5 Å². The molecule has 0 fully saturated rings. The Hall–Kier alpha value is -1.38. The number of rotatable bonds is 9. The standard InChI is InChI=1S/C12H19NO4/c1-4-5-6-15-7-8-16-11(3)17-12(14)10(2)9-13/h11H,2,4-8H2,1,3H3. The predicted molar refractivity (Wildman–Crippen MR) is 62.0 cm³/mol. The lowest BCUT2D eigenvalue weighted by molar-refractivity contribution is -0.172. The van der Waals surface area contributed by atoms with Crippen LogP contribution in [-0.2, 0) is 19.0 Å². The fraction of sp³-hybridized carbons (Fsp3) is 0.667. The molecule has 17 heavy (non-hydrogen) atoms. The number of nitrogens with zero attached hydrogens (tertiary/aromatic N) is 1. The van der Waals surface area contributed by atoms with Crippen LogP contribution in [0.2, 0.25) is 0 Å². The molecule has 0 heterocycles. The van der Waals surface area contributed by atoms with Crippen LogP contribution in [0.25, 0.3) is 0 Å². The molecule has 0 aromatic rings. The fourth-order valence-corrected chi connectivity index (χ4v) is 0.923. The van der Waals surface area contributed by atoms with Crippen LogP contribution in [-0.4, -0.2) is 32.1 Å². The zero-order valence-electron chi connectivity index (χ0n) is 10.4. The van der Waals surface area contributed by atoms with Gasteiger partial charge in [0.05, 0.1) is 13.2 Å². The van der Waals surface area contributed by atoms with Crippen molar-refractivity contribution in [2.45, 2.75) is 33.0 Å². The van der Waals surface area contributed by atoms with Gasteiger partial charge in [0, 0.05) is 6.61 Å². The predicted octanol–water partition coefficient (Wildman–Crippen LogP) is 1.79. The monoisotopic (exact) mass is 241 g/mol. The van der Waals surface area contributed by atoms with Gasteiger partial charge in [0.2, 0.25) is 6.29 Å². The first-order valence-electron chi connectivity index (χ1n) is 5.61. The van der Waals surface area contributed by atoms with Crippen LogP contribution in [0.15, 0.2) is 12.2 Å². The summed E-state index contributed by atoms with van der Waals surface area (Å²) in [5.41, 5.74) is -0.236. The minimum absolute atomic E-state index is 0.236. The van der Waals surface area contributed by atoms with Gasteiger partial charge < -0.3 is 14.2 Å². The van der Waals surface area contributed by atoms with Crippen LogP contribution in [0, 0.1) is 11.3 Å². The number of carbonyl (C=O) groups is 1. The Morgan fingerprint density at radius 3 is 2.71 bits per heavy atom. The van der Waals surface area contributed by atoms with Crippen LogP contribution >= 0.6 is 0 Å². The normalized spacial score (nSPS) is 11.6. The minimum atomic E-state index is -0.757. The number of hydrogen-bond acceptors (Lipinski definition) is 5. The number of esters is 1. The molecule has 0 saturated heterocycles. The van der Waals surface area contributed by atoms with Crippen molar-refractivity contribution < 1.29 is 19.0 Å². The first-order valence-corrected chi connectivity index (χ1v) is 5.61. The van der Waals surface area contributed by atoms with E-state index in [0.717, 1.165) is 12.8 Å². The molecule has 0 aliphatic carbocycles. The lowest BCUT2D eigenvalue weighted by atomic mass is 10.3. The molecule has 0 spiro atoms. The zero-order chi connectivity index (χ0) is 13.1. The molecule has 0 radical (unpaired) electrons. The minimum Gasteiger partial charge on any atom is -0.432 e. The number of nitriles is 1. The fourth-order valence-electron chi connectivity index (χ4n) is 0.923. The Morgan fingerprint density at radius 2 is 2.12 bits per heavy atom.